The summed E-state index contributed by atoms with van der Waals surface area (Å²) >= 11 is 0. The second kappa shape index (κ2) is 4.79. The van der Waals surface area contributed by atoms with E-state index in [1.807, 2.05) is 11.8 Å². The molecular weight excluding hydrogens is 297 g/mol. The highest BCUT2D eigenvalue weighted by molar-refractivity contribution is 5.68. The Hall–Kier alpha value is -1.92. The number of benzene rings is 1. The summed E-state index contributed by atoms with van der Waals surface area (Å²) in [5.41, 5.74) is 1.07. The number of halogens is 3. The molecule has 2 atom stereocenters. The van der Waals surface area contributed by atoms with Gasteiger partial charge in [0.15, 0.2) is 0 Å². The fraction of sp³-hybridized carbons (Fsp3) is 0.533. The topological polar surface area (TPSA) is 43.8 Å². The van der Waals surface area contributed by atoms with Crippen molar-refractivity contribution in [3.8, 4) is 0 Å². The van der Waals surface area contributed by atoms with Crippen LogP contribution in [0.15, 0.2) is 12.1 Å². The minimum atomic E-state index is -4.37. The zero-order chi connectivity index (χ0) is 16.2. The quantitative estimate of drug-likeness (QED) is 0.800. The predicted octanol–water partition coefficient (Wildman–Crippen LogP) is 3.13. The van der Waals surface area contributed by atoms with Gasteiger partial charge in [0, 0.05) is 24.8 Å². The van der Waals surface area contributed by atoms with Gasteiger partial charge in [0.1, 0.15) is 0 Å². The smallest absolute Gasteiger partial charge is 0.416 e. The van der Waals surface area contributed by atoms with Crippen LogP contribution >= 0.6 is 0 Å². The molecule has 1 aromatic carbocycles. The molecule has 0 unspecified atom stereocenters. The number of hydrogen-bond acceptors (Lipinski definition) is 2. The molecule has 1 fully saturated rings. The van der Waals surface area contributed by atoms with Gasteiger partial charge in [0.25, 0.3) is 0 Å². The molecule has 2 aliphatic heterocycles. The molecule has 2 heterocycles. The Morgan fingerprint density at radius 3 is 2.59 bits per heavy atom. The number of alkyl halides is 3. The third kappa shape index (κ3) is 2.28. The average molecular weight is 314 g/mol. The standard InChI is InChI=1S/C15H17F3N2O2/c1-8-3-10-4-11-7-19(14(21)22)6-9(2)20(11)13(10)5-12(8)15(16,17)18/h3,5,9,11H,4,6-7H2,1-2H3,(H,21,22)/t9-,11-/m1/s1. The summed E-state index contributed by atoms with van der Waals surface area (Å²) in [6.45, 7) is 3.95. The van der Waals surface area contributed by atoms with Crippen LogP contribution in [-0.2, 0) is 12.6 Å². The molecule has 0 aliphatic carbocycles. The maximum Gasteiger partial charge on any atom is 0.416 e. The molecule has 3 rings (SSSR count). The Kier molecular flexibility index (Phi) is 3.27. The summed E-state index contributed by atoms with van der Waals surface area (Å²) in [5.74, 6) is 0. The Morgan fingerprint density at radius 2 is 2.00 bits per heavy atom. The number of carboxylic acid groups (broad SMARTS) is 1. The maximum absolute atomic E-state index is 13.1. The van der Waals surface area contributed by atoms with Crippen LogP contribution in [0, 0.1) is 6.92 Å². The SMILES string of the molecule is Cc1cc2c(cc1C(F)(F)F)N1[C@H](C2)CN(C(=O)O)C[C@H]1C. The van der Waals surface area contributed by atoms with E-state index in [9.17, 15) is 18.0 Å². The van der Waals surface area contributed by atoms with Crippen molar-refractivity contribution in [1.82, 2.24) is 4.90 Å². The number of amides is 1. The lowest BCUT2D eigenvalue weighted by atomic mass is 10.0. The molecule has 1 N–H and O–H groups in total. The van der Waals surface area contributed by atoms with Crippen molar-refractivity contribution in [3.05, 3.63) is 28.8 Å². The molecule has 120 valence electrons. The van der Waals surface area contributed by atoms with Crippen molar-refractivity contribution in [2.45, 2.75) is 38.5 Å². The Balaban J connectivity index is 1.99. The minimum absolute atomic E-state index is 0.0854. The summed E-state index contributed by atoms with van der Waals surface area (Å²) in [6, 6.07) is 2.59. The van der Waals surface area contributed by atoms with Gasteiger partial charge >= 0.3 is 12.3 Å². The first kappa shape index (κ1) is 15.0. The first-order chi connectivity index (χ1) is 10.2. The van der Waals surface area contributed by atoms with E-state index < -0.39 is 17.8 Å². The van der Waals surface area contributed by atoms with E-state index in [-0.39, 0.29) is 17.6 Å². The van der Waals surface area contributed by atoms with Crippen LogP contribution in [0.5, 0.6) is 0 Å². The molecule has 0 spiro atoms. The summed E-state index contributed by atoms with van der Waals surface area (Å²) in [6.07, 6.45) is -4.76. The van der Waals surface area contributed by atoms with Crippen LogP contribution in [0.1, 0.15) is 23.6 Å². The molecule has 1 amide bonds. The lowest BCUT2D eigenvalue weighted by Crippen LogP contribution is -2.57. The van der Waals surface area contributed by atoms with E-state index in [4.69, 9.17) is 5.11 Å². The fourth-order valence-electron chi connectivity index (χ4n) is 3.66. The normalized spacial score (nSPS) is 24.2. The van der Waals surface area contributed by atoms with Gasteiger partial charge in [-0.25, -0.2) is 4.79 Å². The summed E-state index contributed by atoms with van der Waals surface area (Å²) < 4.78 is 39.3. The second-order valence-electron chi connectivity index (χ2n) is 6.10. The molecule has 2 aliphatic rings. The third-order valence-electron chi connectivity index (χ3n) is 4.52. The van der Waals surface area contributed by atoms with Crippen molar-refractivity contribution in [3.63, 3.8) is 0 Å². The average Bonchev–Trinajstić information content (AvgIpc) is 2.73. The molecule has 0 radical (unpaired) electrons. The van der Waals surface area contributed by atoms with Gasteiger partial charge in [0.2, 0.25) is 0 Å². The van der Waals surface area contributed by atoms with Crippen molar-refractivity contribution >= 4 is 11.8 Å². The van der Waals surface area contributed by atoms with Gasteiger partial charge in [0.05, 0.1) is 11.6 Å². The largest absolute Gasteiger partial charge is 0.465 e. The molecule has 0 saturated carbocycles. The van der Waals surface area contributed by atoms with Crippen LogP contribution in [-0.4, -0.2) is 41.3 Å². The zero-order valence-corrected chi connectivity index (χ0v) is 12.3. The summed E-state index contributed by atoms with van der Waals surface area (Å²) in [4.78, 5) is 14.5. The molecule has 0 aromatic heterocycles. The highest BCUT2D eigenvalue weighted by Gasteiger charge is 2.42. The van der Waals surface area contributed by atoms with Crippen molar-refractivity contribution in [2.75, 3.05) is 18.0 Å². The van der Waals surface area contributed by atoms with Crippen molar-refractivity contribution in [1.29, 1.82) is 0 Å². The summed E-state index contributed by atoms with van der Waals surface area (Å²) in [5, 5.41) is 9.15. The molecule has 0 bridgehead atoms. The van der Waals surface area contributed by atoms with Crippen LogP contribution in [0.25, 0.3) is 0 Å². The Bertz CT molecular complexity index is 630. The lowest BCUT2D eigenvalue weighted by Gasteiger charge is -2.42. The van der Waals surface area contributed by atoms with Crippen LogP contribution in [0.2, 0.25) is 0 Å². The Morgan fingerprint density at radius 1 is 1.32 bits per heavy atom. The number of carbonyl (C=O) groups is 1. The number of aryl methyl sites for hydroxylation is 1. The highest BCUT2D eigenvalue weighted by atomic mass is 19.4. The molecule has 1 saturated heterocycles. The first-order valence-electron chi connectivity index (χ1n) is 7.15. The van der Waals surface area contributed by atoms with E-state index >= 15 is 0 Å². The van der Waals surface area contributed by atoms with Crippen molar-refractivity contribution < 1.29 is 23.1 Å². The number of nitrogens with zero attached hydrogens (tertiary/aromatic N) is 2. The van der Waals surface area contributed by atoms with E-state index in [0.717, 1.165) is 5.56 Å². The number of piperazine rings is 1. The van der Waals surface area contributed by atoms with Gasteiger partial charge in [-0.2, -0.15) is 13.2 Å². The van der Waals surface area contributed by atoms with Gasteiger partial charge in [-0.1, -0.05) is 6.07 Å². The van der Waals surface area contributed by atoms with E-state index in [1.165, 1.54) is 17.9 Å². The van der Waals surface area contributed by atoms with Gasteiger partial charge in [-0.05, 0) is 37.5 Å². The lowest BCUT2D eigenvalue weighted by molar-refractivity contribution is -0.138. The van der Waals surface area contributed by atoms with Crippen LogP contribution < -0.4 is 4.90 Å². The van der Waals surface area contributed by atoms with E-state index in [2.05, 4.69) is 0 Å². The Labute approximate surface area is 126 Å². The van der Waals surface area contributed by atoms with Crippen molar-refractivity contribution in [2.24, 2.45) is 0 Å². The third-order valence-corrected chi connectivity index (χ3v) is 4.52. The van der Waals surface area contributed by atoms with E-state index in [0.29, 0.717) is 25.2 Å². The van der Waals surface area contributed by atoms with Gasteiger partial charge in [-0.15, -0.1) is 0 Å². The van der Waals surface area contributed by atoms with Crippen LogP contribution in [0.3, 0.4) is 0 Å². The molecule has 22 heavy (non-hydrogen) atoms. The highest BCUT2D eigenvalue weighted by Crippen LogP contribution is 2.42. The van der Waals surface area contributed by atoms with Gasteiger partial charge in [-0.3, -0.25) is 0 Å². The monoisotopic (exact) mass is 314 g/mol. The molecule has 4 nitrogen and oxygen atoms in total. The number of anilines is 1. The predicted molar refractivity (Wildman–Crippen MR) is 75.2 cm³/mol. The first-order valence-corrected chi connectivity index (χ1v) is 7.15. The minimum Gasteiger partial charge on any atom is -0.465 e. The van der Waals surface area contributed by atoms with Gasteiger partial charge < -0.3 is 14.9 Å². The molecule has 1 aromatic rings. The molecular formula is C15H17F3N2O2. The number of rotatable bonds is 0. The summed E-state index contributed by atoms with van der Waals surface area (Å²) in [7, 11) is 0. The van der Waals surface area contributed by atoms with Crippen LogP contribution in [0.4, 0.5) is 23.7 Å². The fourth-order valence-corrected chi connectivity index (χ4v) is 3.66. The van der Waals surface area contributed by atoms with E-state index in [1.54, 1.807) is 6.07 Å². The number of hydrogen-bond donors (Lipinski definition) is 1. The maximum atomic E-state index is 13.1. The zero-order valence-electron chi connectivity index (χ0n) is 12.3. The number of fused-ring (bicyclic) bond motifs is 3. The molecule has 7 heteroatoms. The second-order valence-corrected chi connectivity index (χ2v) is 6.10.